The quantitative estimate of drug-likeness (QED) is 0.604. The summed E-state index contributed by atoms with van der Waals surface area (Å²) in [6, 6.07) is 29.5. The number of rotatable bonds is 3. The standard InChI is InChI=1S/C24H24O/c25-23-17-8-7-14-22(23)24-20(18-10-3-1-4-11-18)15-9-16-21(24)19-12-5-2-6-13-19/h1-8,10-14,17,20-21,24-25H,9,15-16H2. The van der Waals surface area contributed by atoms with Gasteiger partial charge in [0, 0.05) is 5.92 Å². The molecule has 0 heterocycles. The second-order valence-electron chi connectivity index (χ2n) is 7.05. The van der Waals surface area contributed by atoms with Crippen molar-refractivity contribution in [2.75, 3.05) is 0 Å². The molecule has 0 saturated heterocycles. The van der Waals surface area contributed by atoms with Crippen molar-refractivity contribution >= 4 is 0 Å². The zero-order valence-corrected chi connectivity index (χ0v) is 14.4. The molecule has 1 aliphatic carbocycles. The van der Waals surface area contributed by atoms with Crippen molar-refractivity contribution in [3.8, 4) is 5.75 Å². The third-order valence-electron chi connectivity index (χ3n) is 5.65. The Labute approximate surface area is 150 Å². The van der Waals surface area contributed by atoms with E-state index in [2.05, 4.69) is 66.7 Å². The lowest BCUT2D eigenvalue weighted by Crippen LogP contribution is -2.24. The van der Waals surface area contributed by atoms with Gasteiger partial charge in [-0.3, -0.25) is 0 Å². The normalized spacial score (nSPS) is 23.3. The van der Waals surface area contributed by atoms with Gasteiger partial charge in [-0.2, -0.15) is 0 Å². The summed E-state index contributed by atoms with van der Waals surface area (Å²) in [5.74, 6) is 1.61. The molecule has 4 rings (SSSR count). The Bertz CT molecular complexity index is 762. The van der Waals surface area contributed by atoms with Crippen molar-refractivity contribution < 1.29 is 5.11 Å². The Kier molecular flexibility index (Phi) is 4.56. The van der Waals surface area contributed by atoms with E-state index in [0.717, 1.165) is 5.56 Å². The van der Waals surface area contributed by atoms with Crippen LogP contribution in [0.5, 0.6) is 5.75 Å². The Morgan fingerprint density at radius 3 is 1.60 bits per heavy atom. The minimum atomic E-state index is 0.305. The van der Waals surface area contributed by atoms with Gasteiger partial charge in [-0.25, -0.2) is 0 Å². The molecule has 25 heavy (non-hydrogen) atoms. The minimum Gasteiger partial charge on any atom is -0.508 e. The maximum atomic E-state index is 10.6. The van der Waals surface area contributed by atoms with Gasteiger partial charge in [0.05, 0.1) is 0 Å². The maximum Gasteiger partial charge on any atom is 0.119 e. The van der Waals surface area contributed by atoms with Crippen molar-refractivity contribution in [1.82, 2.24) is 0 Å². The maximum absolute atomic E-state index is 10.6. The zero-order chi connectivity index (χ0) is 17.1. The van der Waals surface area contributed by atoms with Gasteiger partial charge in [0.2, 0.25) is 0 Å². The van der Waals surface area contributed by atoms with Crippen LogP contribution >= 0.6 is 0 Å². The second kappa shape index (κ2) is 7.14. The topological polar surface area (TPSA) is 20.2 Å². The van der Waals surface area contributed by atoms with Crippen molar-refractivity contribution in [3.63, 3.8) is 0 Å². The molecule has 0 bridgehead atoms. The summed E-state index contributed by atoms with van der Waals surface area (Å²) in [4.78, 5) is 0. The van der Waals surface area contributed by atoms with Crippen LogP contribution in [0.15, 0.2) is 84.9 Å². The summed E-state index contributed by atoms with van der Waals surface area (Å²) in [7, 11) is 0. The largest absolute Gasteiger partial charge is 0.508 e. The first-order valence-corrected chi connectivity index (χ1v) is 9.22. The van der Waals surface area contributed by atoms with E-state index >= 15 is 0 Å². The molecule has 3 aromatic rings. The predicted molar refractivity (Wildman–Crippen MR) is 103 cm³/mol. The van der Waals surface area contributed by atoms with E-state index in [4.69, 9.17) is 0 Å². The van der Waals surface area contributed by atoms with Gasteiger partial charge in [-0.15, -0.1) is 0 Å². The lowest BCUT2D eigenvalue weighted by molar-refractivity contribution is 0.329. The van der Waals surface area contributed by atoms with E-state index in [9.17, 15) is 5.11 Å². The van der Waals surface area contributed by atoms with Crippen LogP contribution in [0.3, 0.4) is 0 Å². The van der Waals surface area contributed by atoms with Crippen LogP contribution < -0.4 is 0 Å². The summed E-state index contributed by atoms with van der Waals surface area (Å²) in [6.07, 6.45) is 3.57. The average Bonchev–Trinajstić information content (AvgIpc) is 2.69. The van der Waals surface area contributed by atoms with Crippen molar-refractivity contribution in [3.05, 3.63) is 102 Å². The van der Waals surface area contributed by atoms with Crippen LogP contribution in [0.1, 0.15) is 53.7 Å². The molecule has 0 radical (unpaired) electrons. The van der Waals surface area contributed by atoms with E-state index < -0.39 is 0 Å². The van der Waals surface area contributed by atoms with Gasteiger partial charge in [0.15, 0.2) is 0 Å². The highest BCUT2D eigenvalue weighted by Crippen LogP contribution is 2.53. The van der Waals surface area contributed by atoms with E-state index in [0.29, 0.717) is 23.5 Å². The molecule has 0 spiro atoms. The molecule has 1 N–H and O–H groups in total. The van der Waals surface area contributed by atoms with Crippen LogP contribution in [-0.4, -0.2) is 5.11 Å². The molecule has 3 aromatic carbocycles. The Morgan fingerprint density at radius 2 is 1.08 bits per heavy atom. The number of para-hydroxylation sites is 1. The lowest BCUT2D eigenvalue weighted by Gasteiger charge is -2.39. The monoisotopic (exact) mass is 328 g/mol. The predicted octanol–water partition coefficient (Wildman–Crippen LogP) is 6.23. The Morgan fingerprint density at radius 1 is 0.600 bits per heavy atom. The summed E-state index contributed by atoms with van der Waals surface area (Å²) in [5, 5.41) is 10.6. The van der Waals surface area contributed by atoms with Crippen LogP contribution in [0.2, 0.25) is 0 Å². The van der Waals surface area contributed by atoms with Gasteiger partial charge >= 0.3 is 0 Å². The van der Waals surface area contributed by atoms with Crippen molar-refractivity contribution in [2.45, 2.75) is 37.0 Å². The first-order valence-electron chi connectivity index (χ1n) is 9.22. The van der Waals surface area contributed by atoms with E-state index in [1.54, 1.807) is 0 Å². The molecule has 2 atom stereocenters. The fourth-order valence-electron chi connectivity index (χ4n) is 4.55. The van der Waals surface area contributed by atoms with E-state index in [1.807, 2.05) is 18.2 Å². The average molecular weight is 328 g/mol. The third kappa shape index (κ3) is 3.19. The summed E-state index contributed by atoms with van der Waals surface area (Å²) in [6.45, 7) is 0. The highest BCUT2D eigenvalue weighted by molar-refractivity contribution is 5.42. The van der Waals surface area contributed by atoms with Crippen molar-refractivity contribution in [1.29, 1.82) is 0 Å². The van der Waals surface area contributed by atoms with Crippen LogP contribution in [0, 0.1) is 0 Å². The number of hydrogen-bond acceptors (Lipinski definition) is 1. The molecule has 126 valence electrons. The molecular weight excluding hydrogens is 304 g/mol. The first kappa shape index (κ1) is 16.0. The van der Waals surface area contributed by atoms with Crippen LogP contribution in [0.25, 0.3) is 0 Å². The lowest BCUT2D eigenvalue weighted by atomic mass is 9.64. The minimum absolute atomic E-state index is 0.305. The van der Waals surface area contributed by atoms with Gasteiger partial charge in [-0.05, 0) is 47.4 Å². The SMILES string of the molecule is Oc1ccccc1C1C(c2ccccc2)CCCC1c1ccccc1. The van der Waals surface area contributed by atoms with Gasteiger partial charge < -0.3 is 5.11 Å². The molecule has 1 saturated carbocycles. The molecule has 0 aliphatic heterocycles. The number of aromatic hydroxyl groups is 1. The highest BCUT2D eigenvalue weighted by atomic mass is 16.3. The Hall–Kier alpha value is -2.54. The molecule has 0 aromatic heterocycles. The van der Waals surface area contributed by atoms with E-state index in [-0.39, 0.29) is 0 Å². The number of benzene rings is 3. The zero-order valence-electron chi connectivity index (χ0n) is 14.4. The smallest absolute Gasteiger partial charge is 0.119 e. The number of hydrogen-bond donors (Lipinski definition) is 1. The molecule has 1 fully saturated rings. The van der Waals surface area contributed by atoms with Gasteiger partial charge in [0.1, 0.15) is 5.75 Å². The molecule has 1 heteroatoms. The van der Waals surface area contributed by atoms with Gasteiger partial charge in [0.25, 0.3) is 0 Å². The number of phenolic OH excluding ortho intramolecular Hbond substituents is 1. The molecule has 0 amide bonds. The molecular formula is C24H24O. The second-order valence-corrected chi connectivity index (χ2v) is 7.05. The highest BCUT2D eigenvalue weighted by Gasteiger charge is 2.37. The van der Waals surface area contributed by atoms with Crippen molar-refractivity contribution in [2.24, 2.45) is 0 Å². The number of phenols is 1. The van der Waals surface area contributed by atoms with Crippen LogP contribution in [0.4, 0.5) is 0 Å². The molecule has 2 unspecified atom stereocenters. The fraction of sp³-hybridized carbons (Fsp3) is 0.250. The summed E-state index contributed by atoms with van der Waals surface area (Å²) >= 11 is 0. The third-order valence-corrected chi connectivity index (χ3v) is 5.65. The summed E-state index contributed by atoms with van der Waals surface area (Å²) in [5.41, 5.74) is 3.86. The first-order chi connectivity index (χ1) is 12.3. The van der Waals surface area contributed by atoms with Gasteiger partial charge in [-0.1, -0.05) is 85.3 Å². The van der Waals surface area contributed by atoms with Crippen LogP contribution in [-0.2, 0) is 0 Å². The summed E-state index contributed by atoms with van der Waals surface area (Å²) < 4.78 is 0. The van der Waals surface area contributed by atoms with E-state index in [1.165, 1.54) is 30.4 Å². The molecule has 1 aliphatic rings. The Balaban J connectivity index is 1.83. The molecule has 1 nitrogen and oxygen atoms in total. The fourth-order valence-corrected chi connectivity index (χ4v) is 4.55.